The summed E-state index contributed by atoms with van der Waals surface area (Å²) in [5.74, 6) is 0.514. The van der Waals surface area contributed by atoms with Crippen molar-refractivity contribution >= 4 is 11.9 Å². The fraction of sp³-hybridized carbons (Fsp3) is 0.389. The molecule has 1 aromatic carbocycles. The Labute approximate surface area is 154 Å². The van der Waals surface area contributed by atoms with E-state index in [1.54, 1.807) is 13.0 Å². The predicted molar refractivity (Wildman–Crippen MR) is 93.4 cm³/mol. The molecule has 0 spiro atoms. The van der Waals surface area contributed by atoms with Crippen LogP contribution in [0.15, 0.2) is 30.3 Å². The van der Waals surface area contributed by atoms with Gasteiger partial charge in [-0.15, -0.1) is 10.2 Å². The summed E-state index contributed by atoms with van der Waals surface area (Å²) in [5.41, 5.74) is 1.10. The van der Waals surface area contributed by atoms with Gasteiger partial charge in [-0.05, 0) is 43.5 Å². The maximum absolute atomic E-state index is 12.7. The second-order valence-corrected chi connectivity index (χ2v) is 6.55. The summed E-state index contributed by atoms with van der Waals surface area (Å²) >= 11 is 0. The second kappa shape index (κ2) is 7.42. The Balaban J connectivity index is 1.73. The van der Waals surface area contributed by atoms with E-state index in [0.717, 1.165) is 30.5 Å². The van der Waals surface area contributed by atoms with Gasteiger partial charge in [0.1, 0.15) is 5.82 Å². The number of nitrogens with zero attached hydrogens (tertiary/aromatic N) is 3. The molecule has 27 heavy (non-hydrogen) atoms. The summed E-state index contributed by atoms with van der Waals surface area (Å²) in [7, 11) is 0. The number of alkyl halides is 3. The maximum Gasteiger partial charge on any atom is 0.416 e. The van der Waals surface area contributed by atoms with Gasteiger partial charge < -0.3 is 15.3 Å². The largest absolute Gasteiger partial charge is 0.465 e. The van der Waals surface area contributed by atoms with Gasteiger partial charge in [0.05, 0.1) is 11.3 Å². The monoisotopic (exact) mass is 380 g/mol. The standard InChI is InChI=1S/C18H19F3N4O2/c1-11-9-15(22-14-3-2-8-25(10-14)17(26)27)23-24-16(11)12-4-6-13(7-5-12)18(19,20)21/h4-7,9,14H,2-3,8,10H2,1H3,(H,22,23)(H,26,27)/t14-/m1/s1. The van der Waals surface area contributed by atoms with Crippen LogP contribution in [0.2, 0.25) is 0 Å². The van der Waals surface area contributed by atoms with Gasteiger partial charge in [-0.2, -0.15) is 13.2 Å². The van der Waals surface area contributed by atoms with E-state index in [1.807, 2.05) is 0 Å². The Kier molecular flexibility index (Phi) is 5.20. The second-order valence-electron chi connectivity index (χ2n) is 6.55. The number of likely N-dealkylation sites (tertiary alicyclic amines) is 1. The minimum Gasteiger partial charge on any atom is -0.465 e. The summed E-state index contributed by atoms with van der Waals surface area (Å²) < 4.78 is 38.0. The van der Waals surface area contributed by atoms with Crippen LogP contribution < -0.4 is 5.32 Å². The number of aromatic nitrogens is 2. The molecule has 0 aliphatic carbocycles. The van der Waals surface area contributed by atoms with Crippen molar-refractivity contribution < 1.29 is 23.1 Å². The van der Waals surface area contributed by atoms with Crippen LogP contribution in [0.1, 0.15) is 24.0 Å². The number of rotatable bonds is 3. The Morgan fingerprint density at radius 2 is 1.96 bits per heavy atom. The quantitative estimate of drug-likeness (QED) is 0.841. The van der Waals surface area contributed by atoms with Crippen molar-refractivity contribution in [2.45, 2.75) is 32.0 Å². The average Bonchev–Trinajstić information content (AvgIpc) is 2.61. The molecule has 0 bridgehead atoms. The predicted octanol–water partition coefficient (Wildman–Crippen LogP) is 4.03. The highest BCUT2D eigenvalue weighted by Gasteiger charge is 2.30. The number of aryl methyl sites for hydroxylation is 1. The molecule has 3 rings (SSSR count). The zero-order valence-corrected chi connectivity index (χ0v) is 14.6. The van der Waals surface area contributed by atoms with Crippen LogP contribution in [0, 0.1) is 6.92 Å². The molecule has 6 nitrogen and oxygen atoms in total. The molecule has 9 heteroatoms. The van der Waals surface area contributed by atoms with Crippen molar-refractivity contribution in [1.82, 2.24) is 15.1 Å². The Hall–Kier alpha value is -2.84. The van der Waals surface area contributed by atoms with Gasteiger partial charge in [0.15, 0.2) is 0 Å². The molecule has 1 amide bonds. The normalized spacial score (nSPS) is 17.6. The number of anilines is 1. The fourth-order valence-corrected chi connectivity index (χ4v) is 3.14. The molecular weight excluding hydrogens is 361 g/mol. The maximum atomic E-state index is 12.7. The van der Waals surface area contributed by atoms with Crippen molar-refractivity contribution in [3.63, 3.8) is 0 Å². The lowest BCUT2D eigenvalue weighted by Crippen LogP contribution is -2.44. The van der Waals surface area contributed by atoms with E-state index in [1.165, 1.54) is 17.0 Å². The fourth-order valence-electron chi connectivity index (χ4n) is 3.14. The molecule has 1 atom stereocenters. The molecule has 0 unspecified atom stereocenters. The topological polar surface area (TPSA) is 78.4 Å². The third kappa shape index (κ3) is 4.47. The van der Waals surface area contributed by atoms with Crippen molar-refractivity contribution in [3.8, 4) is 11.3 Å². The number of nitrogens with one attached hydrogen (secondary N) is 1. The summed E-state index contributed by atoms with van der Waals surface area (Å²) in [4.78, 5) is 12.5. The number of hydrogen-bond acceptors (Lipinski definition) is 4. The molecule has 1 aliphatic rings. The lowest BCUT2D eigenvalue weighted by Gasteiger charge is -2.31. The number of carboxylic acid groups (broad SMARTS) is 1. The molecule has 2 aromatic rings. The summed E-state index contributed by atoms with van der Waals surface area (Å²) in [5, 5.41) is 20.5. The number of hydrogen-bond donors (Lipinski definition) is 2. The van der Waals surface area contributed by atoms with Crippen LogP contribution in [0.5, 0.6) is 0 Å². The van der Waals surface area contributed by atoms with Gasteiger partial charge in [0.2, 0.25) is 0 Å². The van der Waals surface area contributed by atoms with Gasteiger partial charge in [-0.25, -0.2) is 4.79 Å². The summed E-state index contributed by atoms with van der Waals surface area (Å²) in [6.07, 6.45) is -3.73. The van der Waals surface area contributed by atoms with E-state index in [0.29, 0.717) is 30.2 Å². The highest BCUT2D eigenvalue weighted by atomic mass is 19.4. The van der Waals surface area contributed by atoms with Crippen molar-refractivity contribution in [3.05, 3.63) is 41.5 Å². The molecule has 2 heterocycles. The number of halogens is 3. The van der Waals surface area contributed by atoms with Gasteiger partial charge in [-0.1, -0.05) is 12.1 Å². The lowest BCUT2D eigenvalue weighted by atomic mass is 10.0. The third-order valence-electron chi connectivity index (χ3n) is 4.51. The van der Waals surface area contributed by atoms with E-state index in [4.69, 9.17) is 5.11 Å². The van der Waals surface area contributed by atoms with E-state index in [2.05, 4.69) is 15.5 Å². The van der Waals surface area contributed by atoms with Gasteiger partial charge in [-0.3, -0.25) is 0 Å². The first-order valence-corrected chi connectivity index (χ1v) is 8.50. The van der Waals surface area contributed by atoms with E-state index in [-0.39, 0.29) is 6.04 Å². The Bertz CT molecular complexity index is 824. The molecule has 0 radical (unpaired) electrons. The molecule has 1 aromatic heterocycles. The molecule has 2 N–H and O–H groups in total. The van der Waals surface area contributed by atoms with Crippen LogP contribution in [0.4, 0.5) is 23.8 Å². The van der Waals surface area contributed by atoms with Gasteiger partial charge in [0, 0.05) is 24.7 Å². The van der Waals surface area contributed by atoms with Crippen molar-refractivity contribution in [2.75, 3.05) is 18.4 Å². The highest BCUT2D eigenvalue weighted by molar-refractivity contribution is 5.66. The summed E-state index contributed by atoms with van der Waals surface area (Å²) in [6.45, 7) is 2.69. The Morgan fingerprint density at radius 1 is 1.26 bits per heavy atom. The first kappa shape index (κ1) is 18.9. The minimum atomic E-state index is -4.38. The number of benzene rings is 1. The van der Waals surface area contributed by atoms with Gasteiger partial charge >= 0.3 is 12.3 Å². The van der Waals surface area contributed by atoms with E-state index in [9.17, 15) is 18.0 Å². The Morgan fingerprint density at radius 3 is 2.56 bits per heavy atom. The van der Waals surface area contributed by atoms with Crippen molar-refractivity contribution in [1.29, 1.82) is 0 Å². The molecule has 1 aliphatic heterocycles. The SMILES string of the molecule is Cc1cc(N[C@@H]2CCCN(C(=O)O)C2)nnc1-c1ccc(C(F)(F)F)cc1. The van der Waals surface area contributed by atoms with Crippen LogP contribution >= 0.6 is 0 Å². The molecular formula is C18H19F3N4O2. The van der Waals surface area contributed by atoms with Crippen LogP contribution in [0.3, 0.4) is 0 Å². The van der Waals surface area contributed by atoms with Crippen LogP contribution in [-0.2, 0) is 6.18 Å². The molecule has 1 saturated heterocycles. The first-order valence-electron chi connectivity index (χ1n) is 8.50. The highest BCUT2D eigenvalue weighted by Crippen LogP contribution is 2.31. The van der Waals surface area contributed by atoms with E-state index >= 15 is 0 Å². The average molecular weight is 380 g/mol. The third-order valence-corrected chi connectivity index (χ3v) is 4.51. The summed E-state index contributed by atoms with van der Waals surface area (Å²) in [6, 6.07) is 6.49. The zero-order valence-electron chi connectivity index (χ0n) is 14.6. The lowest BCUT2D eigenvalue weighted by molar-refractivity contribution is -0.137. The van der Waals surface area contributed by atoms with Gasteiger partial charge in [0.25, 0.3) is 0 Å². The molecule has 144 valence electrons. The first-order chi connectivity index (χ1) is 12.7. The van der Waals surface area contributed by atoms with Crippen molar-refractivity contribution in [2.24, 2.45) is 0 Å². The molecule has 0 saturated carbocycles. The minimum absolute atomic E-state index is 0.0551. The number of carbonyl (C=O) groups is 1. The number of piperidine rings is 1. The molecule has 1 fully saturated rings. The van der Waals surface area contributed by atoms with Crippen LogP contribution in [-0.4, -0.2) is 45.4 Å². The number of amides is 1. The zero-order chi connectivity index (χ0) is 19.6. The van der Waals surface area contributed by atoms with E-state index < -0.39 is 17.8 Å². The van der Waals surface area contributed by atoms with Crippen LogP contribution in [0.25, 0.3) is 11.3 Å². The smallest absolute Gasteiger partial charge is 0.416 e.